The summed E-state index contributed by atoms with van der Waals surface area (Å²) >= 11 is 0. The highest BCUT2D eigenvalue weighted by Crippen LogP contribution is 2.35. The quantitative estimate of drug-likeness (QED) is 0.253. The van der Waals surface area contributed by atoms with Crippen molar-refractivity contribution in [2.45, 2.75) is 6.54 Å². The number of fused-ring (bicyclic) bond motifs is 2. The maximum Gasteiger partial charge on any atom is 0.209 e. The lowest BCUT2D eigenvalue weighted by molar-refractivity contribution is 0.586. The summed E-state index contributed by atoms with van der Waals surface area (Å²) in [5.74, 6) is -0.781. The van der Waals surface area contributed by atoms with Crippen LogP contribution >= 0.6 is 0 Å². The number of sulfonamides is 1. The molecule has 0 aliphatic rings. The van der Waals surface area contributed by atoms with E-state index in [-0.39, 0.29) is 23.3 Å². The molecule has 0 aliphatic carbocycles. The van der Waals surface area contributed by atoms with Gasteiger partial charge in [-0.1, -0.05) is 12.1 Å². The molecule has 13 heteroatoms. The molecule has 41 heavy (non-hydrogen) atoms. The summed E-state index contributed by atoms with van der Waals surface area (Å²) in [7, 11) is 0.282. The van der Waals surface area contributed by atoms with Gasteiger partial charge in [-0.2, -0.15) is 5.10 Å². The van der Waals surface area contributed by atoms with Crippen LogP contribution in [0.4, 0.5) is 14.5 Å². The van der Waals surface area contributed by atoms with Crippen molar-refractivity contribution in [2.75, 3.05) is 25.3 Å². The minimum absolute atomic E-state index is 0.0622. The van der Waals surface area contributed by atoms with Gasteiger partial charge in [-0.05, 0) is 41.5 Å². The number of para-hydroxylation sites is 1. The Kier molecular flexibility index (Phi) is 6.47. The Balaban J connectivity index is 1.45. The zero-order valence-electron chi connectivity index (χ0n) is 22.2. The first kappa shape index (κ1) is 26.5. The summed E-state index contributed by atoms with van der Waals surface area (Å²) < 4.78 is 56.0. The average Bonchev–Trinajstić information content (AvgIpc) is 3.56. The molecule has 4 aromatic heterocycles. The van der Waals surface area contributed by atoms with Gasteiger partial charge in [0.2, 0.25) is 10.0 Å². The van der Waals surface area contributed by atoms with E-state index >= 15 is 4.39 Å². The molecule has 0 unspecified atom stereocenters. The number of anilines is 1. The minimum atomic E-state index is -3.46. The van der Waals surface area contributed by atoms with E-state index in [1.54, 1.807) is 42.7 Å². The van der Waals surface area contributed by atoms with Crippen LogP contribution in [0.2, 0.25) is 0 Å². The maximum atomic E-state index is 16.0. The van der Waals surface area contributed by atoms with Crippen LogP contribution in [-0.4, -0.2) is 58.9 Å². The predicted molar refractivity (Wildman–Crippen MR) is 154 cm³/mol. The molecule has 3 N–H and O–H groups in total. The van der Waals surface area contributed by atoms with E-state index in [1.807, 2.05) is 19.0 Å². The van der Waals surface area contributed by atoms with Gasteiger partial charge in [0.25, 0.3) is 0 Å². The zero-order chi connectivity index (χ0) is 28.9. The fourth-order valence-electron chi connectivity index (χ4n) is 4.65. The highest BCUT2D eigenvalue weighted by Gasteiger charge is 2.21. The Labute approximate surface area is 233 Å². The summed E-state index contributed by atoms with van der Waals surface area (Å²) in [5, 5.41) is 7.37. The smallest absolute Gasteiger partial charge is 0.209 e. The van der Waals surface area contributed by atoms with Gasteiger partial charge in [0, 0.05) is 38.0 Å². The molecule has 2 aromatic carbocycles. The molecule has 0 spiro atoms. The van der Waals surface area contributed by atoms with Gasteiger partial charge in [-0.25, -0.2) is 26.9 Å². The topological polar surface area (TPSA) is 133 Å². The molecule has 0 amide bonds. The number of aromatic nitrogens is 6. The summed E-state index contributed by atoms with van der Waals surface area (Å²) in [6, 6.07) is 11.5. The van der Waals surface area contributed by atoms with E-state index in [0.717, 1.165) is 11.9 Å². The number of rotatable bonds is 7. The summed E-state index contributed by atoms with van der Waals surface area (Å²) in [6.07, 6.45) is 5.78. The molecular weight excluding hydrogens is 550 g/mol. The molecule has 4 heterocycles. The monoisotopic (exact) mass is 574 g/mol. The molecular formula is C28H24F2N8O2S. The van der Waals surface area contributed by atoms with E-state index in [1.165, 1.54) is 18.3 Å². The Hall–Kier alpha value is -4.75. The third-order valence-corrected chi connectivity index (χ3v) is 7.27. The van der Waals surface area contributed by atoms with Crippen molar-refractivity contribution in [3.8, 4) is 33.9 Å². The molecule has 0 saturated heterocycles. The van der Waals surface area contributed by atoms with E-state index in [0.29, 0.717) is 44.6 Å². The molecule has 0 atom stereocenters. The zero-order valence-corrected chi connectivity index (χ0v) is 23.0. The van der Waals surface area contributed by atoms with Gasteiger partial charge in [0.15, 0.2) is 11.6 Å². The second-order valence-electron chi connectivity index (χ2n) is 9.84. The lowest BCUT2D eigenvalue weighted by atomic mass is 10.0. The molecule has 208 valence electrons. The summed E-state index contributed by atoms with van der Waals surface area (Å²) in [6.45, 7) is -0.0622. The number of H-pyrrole nitrogens is 2. The van der Waals surface area contributed by atoms with Gasteiger partial charge in [0.05, 0.1) is 46.3 Å². The van der Waals surface area contributed by atoms with Crippen LogP contribution in [0.15, 0.2) is 61.1 Å². The molecule has 6 rings (SSSR count). The van der Waals surface area contributed by atoms with Crippen molar-refractivity contribution in [3.05, 3.63) is 78.3 Å². The number of imidazole rings is 1. The molecule has 10 nitrogen and oxygen atoms in total. The maximum absolute atomic E-state index is 16.0. The number of nitrogens with one attached hydrogen (secondary N) is 3. The molecule has 0 fully saturated rings. The molecule has 0 bridgehead atoms. The largest absolute Gasteiger partial charge is 0.376 e. The summed E-state index contributed by atoms with van der Waals surface area (Å²) in [5.41, 5.74) is 4.82. The van der Waals surface area contributed by atoms with Crippen LogP contribution in [0.5, 0.6) is 0 Å². The number of halogens is 2. The molecule has 0 radical (unpaired) electrons. The Bertz CT molecular complexity index is 2050. The van der Waals surface area contributed by atoms with Gasteiger partial charge in [0.1, 0.15) is 17.2 Å². The van der Waals surface area contributed by atoms with Crippen LogP contribution in [0.3, 0.4) is 0 Å². The second kappa shape index (κ2) is 10.0. The third kappa shape index (κ3) is 5.12. The van der Waals surface area contributed by atoms with Gasteiger partial charge in [-0.3, -0.25) is 15.1 Å². The van der Waals surface area contributed by atoms with Crippen molar-refractivity contribution in [3.63, 3.8) is 0 Å². The summed E-state index contributed by atoms with van der Waals surface area (Å²) in [4.78, 5) is 18.3. The highest BCUT2D eigenvalue weighted by molar-refractivity contribution is 7.88. The van der Waals surface area contributed by atoms with Crippen LogP contribution < -0.4 is 9.62 Å². The molecule has 0 aliphatic heterocycles. The lowest BCUT2D eigenvalue weighted by Crippen LogP contribution is -2.21. The normalized spacial score (nSPS) is 11.9. The predicted octanol–water partition coefficient (Wildman–Crippen LogP) is 4.62. The lowest BCUT2D eigenvalue weighted by Gasteiger charge is -2.13. The first-order chi connectivity index (χ1) is 19.6. The van der Waals surface area contributed by atoms with Gasteiger partial charge in [-0.15, -0.1) is 0 Å². The number of hydrogen-bond donors (Lipinski definition) is 3. The van der Waals surface area contributed by atoms with E-state index in [9.17, 15) is 12.8 Å². The number of hydrogen-bond acceptors (Lipinski definition) is 7. The highest BCUT2D eigenvalue weighted by atomic mass is 32.2. The molecule has 0 saturated carbocycles. The SMILES string of the molecule is CN(C)c1cncc(-c2ncc3[nH]nc(-c4nc5c(-c6cc(F)cc(CNS(C)(=O)=O)c6)cccc5[nH]4)c3c2F)c1. The fourth-order valence-corrected chi connectivity index (χ4v) is 5.08. The van der Waals surface area contributed by atoms with Crippen LogP contribution in [0, 0.1) is 11.6 Å². The molecule has 6 aromatic rings. The minimum Gasteiger partial charge on any atom is -0.376 e. The van der Waals surface area contributed by atoms with E-state index in [2.05, 4.69) is 29.9 Å². The standard InChI is InChI=1S/C28H24F2N8O2S/c1-38(2)19-10-17(12-31-13-19)25-24(30)23-22(14-32-25)36-37-27(23)28-34-21-6-4-5-20(26(21)35-28)16-7-15(8-18(29)9-16)11-33-41(3,39)40/h4-10,12-14,33H,11H2,1-3H3,(H,34,35)(H,36,37). The van der Waals surface area contributed by atoms with Crippen molar-refractivity contribution in [1.82, 2.24) is 34.9 Å². The van der Waals surface area contributed by atoms with E-state index in [4.69, 9.17) is 4.98 Å². The average molecular weight is 575 g/mol. The second-order valence-corrected chi connectivity index (χ2v) is 11.7. The first-order valence-electron chi connectivity index (χ1n) is 12.5. The first-order valence-corrected chi connectivity index (χ1v) is 14.4. The van der Waals surface area contributed by atoms with Crippen LogP contribution in [-0.2, 0) is 16.6 Å². The van der Waals surface area contributed by atoms with Crippen molar-refractivity contribution < 1.29 is 17.2 Å². The van der Waals surface area contributed by atoms with Crippen molar-refractivity contribution in [2.24, 2.45) is 0 Å². The number of aromatic amines is 2. The number of nitrogens with zero attached hydrogens (tertiary/aromatic N) is 5. The number of benzene rings is 2. The Morgan fingerprint density at radius 1 is 0.976 bits per heavy atom. The van der Waals surface area contributed by atoms with Crippen molar-refractivity contribution in [1.29, 1.82) is 0 Å². The third-order valence-electron chi connectivity index (χ3n) is 6.60. The van der Waals surface area contributed by atoms with Crippen LogP contribution in [0.1, 0.15) is 5.56 Å². The van der Waals surface area contributed by atoms with Crippen molar-refractivity contribution >= 4 is 37.6 Å². The van der Waals surface area contributed by atoms with E-state index < -0.39 is 21.7 Å². The van der Waals surface area contributed by atoms with Crippen LogP contribution in [0.25, 0.3) is 55.8 Å². The fraction of sp³-hybridized carbons (Fsp3) is 0.143. The van der Waals surface area contributed by atoms with Gasteiger partial charge < -0.3 is 9.88 Å². The number of pyridine rings is 2. The Morgan fingerprint density at radius 2 is 1.80 bits per heavy atom. The van der Waals surface area contributed by atoms with Gasteiger partial charge >= 0.3 is 0 Å². The Morgan fingerprint density at radius 3 is 2.59 bits per heavy atom.